The van der Waals surface area contributed by atoms with Crippen molar-refractivity contribution in [3.63, 3.8) is 0 Å². The normalized spacial score (nSPS) is 18.9. The number of benzene rings is 3. The zero-order valence-corrected chi connectivity index (χ0v) is 17.5. The minimum absolute atomic E-state index is 0.165. The molecule has 1 unspecified atom stereocenters. The predicted octanol–water partition coefficient (Wildman–Crippen LogP) is 4.07. The second-order valence-electron chi connectivity index (χ2n) is 7.72. The van der Waals surface area contributed by atoms with Crippen LogP contribution in [0.25, 0.3) is 5.76 Å². The average molecular weight is 465 g/mol. The van der Waals surface area contributed by atoms with Crippen LogP contribution in [0.3, 0.4) is 0 Å². The lowest BCUT2D eigenvalue weighted by atomic mass is 9.94. The molecule has 0 bridgehead atoms. The Kier molecular flexibility index (Phi) is 5.16. The number of fused-ring (bicyclic) bond motifs is 1. The van der Waals surface area contributed by atoms with E-state index < -0.39 is 35.1 Å². The van der Waals surface area contributed by atoms with Crippen molar-refractivity contribution < 1.29 is 38.1 Å². The van der Waals surface area contributed by atoms with E-state index in [9.17, 15) is 28.6 Å². The van der Waals surface area contributed by atoms with Gasteiger partial charge in [0.05, 0.1) is 17.3 Å². The molecule has 2 aliphatic heterocycles. The van der Waals surface area contributed by atoms with Crippen LogP contribution in [-0.4, -0.2) is 35.1 Å². The summed E-state index contributed by atoms with van der Waals surface area (Å²) in [5, 5.41) is 21.2. The lowest BCUT2D eigenvalue weighted by Crippen LogP contribution is -2.30. The molecule has 2 aliphatic rings. The van der Waals surface area contributed by atoms with Crippen LogP contribution >= 0.6 is 0 Å². The summed E-state index contributed by atoms with van der Waals surface area (Å²) in [4.78, 5) is 27.0. The maximum atomic E-state index is 14.7. The number of carbonyl (C=O) groups excluding carboxylic acids is 2. The van der Waals surface area contributed by atoms with Crippen molar-refractivity contribution in [1.29, 1.82) is 0 Å². The summed E-state index contributed by atoms with van der Waals surface area (Å²) in [5.41, 5.74) is -0.261. The van der Waals surface area contributed by atoms with Gasteiger partial charge in [0, 0.05) is 11.6 Å². The van der Waals surface area contributed by atoms with Crippen LogP contribution in [0.15, 0.2) is 66.2 Å². The third-order valence-electron chi connectivity index (χ3n) is 5.62. The molecule has 1 saturated heterocycles. The number of nitrogens with zero attached hydrogens (tertiary/aromatic N) is 1. The van der Waals surface area contributed by atoms with E-state index in [0.29, 0.717) is 30.8 Å². The van der Waals surface area contributed by atoms with E-state index in [1.807, 2.05) is 0 Å². The highest BCUT2D eigenvalue weighted by atomic mass is 19.1. The van der Waals surface area contributed by atoms with Gasteiger partial charge in [-0.1, -0.05) is 12.1 Å². The Bertz CT molecular complexity index is 1370. The maximum Gasteiger partial charge on any atom is 0.300 e. The van der Waals surface area contributed by atoms with Crippen LogP contribution in [0.2, 0.25) is 0 Å². The first kappa shape index (κ1) is 21.4. The summed E-state index contributed by atoms with van der Waals surface area (Å²) in [6.45, 7) is 0.666. The Balaban J connectivity index is 1.72. The fourth-order valence-corrected chi connectivity index (χ4v) is 4.11. The fraction of sp³-hybridized carbons (Fsp3) is 0.120. The van der Waals surface area contributed by atoms with E-state index in [-0.39, 0.29) is 28.1 Å². The number of rotatable bonds is 3. The Morgan fingerprint density at radius 1 is 0.941 bits per heavy atom. The Labute approximate surface area is 192 Å². The molecule has 3 aromatic carbocycles. The number of ketones is 1. The van der Waals surface area contributed by atoms with Crippen molar-refractivity contribution in [1.82, 2.24) is 0 Å². The number of aliphatic hydroxyl groups excluding tert-OH is 1. The molecule has 5 rings (SSSR count). The van der Waals surface area contributed by atoms with Crippen molar-refractivity contribution >= 4 is 23.1 Å². The fourth-order valence-electron chi connectivity index (χ4n) is 4.11. The van der Waals surface area contributed by atoms with Gasteiger partial charge < -0.3 is 19.7 Å². The Hall–Kier alpha value is -4.40. The Morgan fingerprint density at radius 3 is 2.44 bits per heavy atom. The molecule has 9 heteroatoms. The molecule has 0 spiro atoms. The summed E-state index contributed by atoms with van der Waals surface area (Å²) in [5.74, 6) is -3.98. The van der Waals surface area contributed by atoms with Gasteiger partial charge in [-0.25, -0.2) is 8.78 Å². The highest BCUT2D eigenvalue weighted by Crippen LogP contribution is 2.44. The van der Waals surface area contributed by atoms with E-state index in [4.69, 9.17) is 9.47 Å². The van der Waals surface area contributed by atoms with E-state index in [0.717, 1.165) is 17.0 Å². The molecule has 1 fully saturated rings. The first-order valence-electron chi connectivity index (χ1n) is 10.3. The summed E-state index contributed by atoms with van der Waals surface area (Å²) in [6, 6.07) is 11.5. The van der Waals surface area contributed by atoms with Crippen LogP contribution in [0, 0.1) is 11.6 Å². The minimum atomic E-state index is -1.29. The number of anilines is 1. The van der Waals surface area contributed by atoms with Crippen LogP contribution in [0.4, 0.5) is 14.5 Å². The smallest absolute Gasteiger partial charge is 0.300 e. The molecule has 34 heavy (non-hydrogen) atoms. The van der Waals surface area contributed by atoms with Crippen LogP contribution < -0.4 is 14.4 Å². The van der Waals surface area contributed by atoms with Gasteiger partial charge in [0.2, 0.25) is 0 Å². The standard InChI is InChI=1S/C25H17F2NO6/c26-15-5-6-18(17(27)12-15)28-22(13-2-1-3-16(29)10-13)21(24(31)25(28)32)23(30)14-4-7-19-20(11-14)34-9-8-33-19/h1-7,10-12,22,29-30H,8-9H2/b23-21-. The highest BCUT2D eigenvalue weighted by Gasteiger charge is 2.48. The average Bonchev–Trinajstić information content (AvgIpc) is 3.09. The summed E-state index contributed by atoms with van der Waals surface area (Å²) >= 11 is 0. The molecule has 0 aliphatic carbocycles. The summed E-state index contributed by atoms with van der Waals surface area (Å²) in [7, 11) is 0. The van der Waals surface area contributed by atoms with E-state index in [1.165, 1.54) is 36.4 Å². The molecule has 2 N–H and O–H groups in total. The summed E-state index contributed by atoms with van der Waals surface area (Å²) < 4.78 is 39.2. The first-order valence-corrected chi connectivity index (χ1v) is 10.3. The van der Waals surface area contributed by atoms with Gasteiger partial charge in [-0.2, -0.15) is 0 Å². The zero-order valence-electron chi connectivity index (χ0n) is 17.5. The molecule has 1 atom stereocenters. The van der Waals surface area contributed by atoms with Gasteiger partial charge in [0.25, 0.3) is 11.7 Å². The van der Waals surface area contributed by atoms with E-state index >= 15 is 0 Å². The molecule has 3 aromatic rings. The first-order chi connectivity index (χ1) is 16.3. The number of hydrogen-bond donors (Lipinski definition) is 2. The van der Waals surface area contributed by atoms with Crippen LogP contribution in [0.5, 0.6) is 17.2 Å². The van der Waals surface area contributed by atoms with Gasteiger partial charge in [0.1, 0.15) is 36.4 Å². The number of ether oxygens (including phenoxy) is 2. The number of phenols is 1. The number of carbonyl (C=O) groups is 2. The van der Waals surface area contributed by atoms with Gasteiger partial charge in [-0.15, -0.1) is 0 Å². The number of Topliss-reactive ketones (excluding diaryl/α,β-unsaturated/α-hetero) is 1. The second kappa shape index (κ2) is 8.18. The monoisotopic (exact) mass is 465 g/mol. The van der Waals surface area contributed by atoms with Gasteiger partial charge in [-0.3, -0.25) is 14.5 Å². The van der Waals surface area contributed by atoms with Crippen LogP contribution in [0.1, 0.15) is 17.2 Å². The molecule has 1 amide bonds. The largest absolute Gasteiger partial charge is 0.508 e. The van der Waals surface area contributed by atoms with Gasteiger partial charge in [-0.05, 0) is 48.0 Å². The molecular formula is C25H17F2NO6. The van der Waals surface area contributed by atoms with E-state index in [2.05, 4.69) is 0 Å². The molecule has 172 valence electrons. The minimum Gasteiger partial charge on any atom is -0.508 e. The highest BCUT2D eigenvalue weighted by molar-refractivity contribution is 6.51. The quantitative estimate of drug-likeness (QED) is 0.344. The van der Waals surface area contributed by atoms with Crippen molar-refractivity contribution in [2.75, 3.05) is 18.1 Å². The molecular weight excluding hydrogens is 448 g/mol. The number of hydrogen-bond acceptors (Lipinski definition) is 6. The predicted molar refractivity (Wildman–Crippen MR) is 117 cm³/mol. The third kappa shape index (κ3) is 3.51. The van der Waals surface area contributed by atoms with Crippen LogP contribution in [-0.2, 0) is 9.59 Å². The molecule has 0 saturated carbocycles. The molecule has 2 heterocycles. The zero-order chi connectivity index (χ0) is 24.0. The number of phenolic OH excluding ortho intramolecular Hbond substituents is 1. The lowest BCUT2D eigenvalue weighted by molar-refractivity contribution is -0.132. The number of halogens is 2. The number of amides is 1. The number of aromatic hydroxyl groups is 1. The van der Waals surface area contributed by atoms with Crippen molar-refractivity contribution in [3.05, 3.63) is 89.0 Å². The summed E-state index contributed by atoms with van der Waals surface area (Å²) in [6.07, 6.45) is 0. The Morgan fingerprint density at radius 2 is 1.71 bits per heavy atom. The molecule has 0 radical (unpaired) electrons. The molecule has 0 aromatic heterocycles. The maximum absolute atomic E-state index is 14.7. The molecule has 7 nitrogen and oxygen atoms in total. The van der Waals surface area contributed by atoms with Crippen molar-refractivity contribution in [3.8, 4) is 17.2 Å². The lowest BCUT2D eigenvalue weighted by Gasteiger charge is -2.26. The SMILES string of the molecule is O=C1C(=O)N(c2ccc(F)cc2F)C(c2cccc(O)c2)/C1=C(/O)c1ccc2c(c1)OCCO2. The van der Waals surface area contributed by atoms with Gasteiger partial charge >= 0.3 is 0 Å². The third-order valence-corrected chi connectivity index (χ3v) is 5.62. The topological polar surface area (TPSA) is 96.3 Å². The van der Waals surface area contributed by atoms with Gasteiger partial charge in [0.15, 0.2) is 11.5 Å². The van der Waals surface area contributed by atoms with E-state index in [1.54, 1.807) is 6.07 Å². The second-order valence-corrected chi connectivity index (χ2v) is 7.72. The van der Waals surface area contributed by atoms with Crippen molar-refractivity contribution in [2.24, 2.45) is 0 Å². The van der Waals surface area contributed by atoms with Crippen molar-refractivity contribution in [2.45, 2.75) is 6.04 Å². The number of aliphatic hydroxyl groups is 1.